The molecule has 4 nitrogen and oxygen atoms in total. The SMILES string of the molecule is COc1ccc2c(c1OC)C1=C3C(=CCC1=O)CCNC3C2. The molecule has 1 fully saturated rings. The molecule has 0 spiro atoms. The van der Waals surface area contributed by atoms with E-state index in [2.05, 4.69) is 17.5 Å². The molecule has 0 bridgehead atoms. The van der Waals surface area contributed by atoms with Crippen LogP contribution in [0, 0.1) is 0 Å². The van der Waals surface area contributed by atoms with Crippen molar-refractivity contribution >= 4 is 11.4 Å². The minimum absolute atomic E-state index is 0.181. The number of hydrogen-bond acceptors (Lipinski definition) is 4. The van der Waals surface area contributed by atoms with Crippen molar-refractivity contribution in [2.24, 2.45) is 0 Å². The van der Waals surface area contributed by atoms with E-state index in [1.54, 1.807) is 14.2 Å². The molecular formula is C18H19NO3. The first-order valence-corrected chi connectivity index (χ1v) is 7.69. The number of fused-ring (bicyclic) bond motifs is 2. The number of rotatable bonds is 2. The molecule has 114 valence electrons. The summed E-state index contributed by atoms with van der Waals surface area (Å²) in [4.78, 5) is 12.7. The Morgan fingerprint density at radius 1 is 1.23 bits per heavy atom. The molecule has 1 atom stereocenters. The molecule has 2 aliphatic carbocycles. The summed E-state index contributed by atoms with van der Waals surface area (Å²) in [5.41, 5.74) is 5.44. The third-order valence-corrected chi connectivity index (χ3v) is 4.87. The van der Waals surface area contributed by atoms with Crippen molar-refractivity contribution in [3.05, 3.63) is 40.5 Å². The summed E-state index contributed by atoms with van der Waals surface area (Å²) >= 11 is 0. The highest BCUT2D eigenvalue weighted by Crippen LogP contribution is 2.47. The average molecular weight is 297 g/mol. The zero-order valence-corrected chi connectivity index (χ0v) is 12.9. The highest BCUT2D eigenvalue weighted by Gasteiger charge is 2.38. The first-order chi connectivity index (χ1) is 10.7. The molecule has 1 unspecified atom stereocenters. The number of Topliss-reactive ketones (excluding diaryl/α,β-unsaturated/α-hetero) is 1. The highest BCUT2D eigenvalue weighted by molar-refractivity contribution is 6.25. The van der Waals surface area contributed by atoms with Gasteiger partial charge in [0, 0.05) is 23.6 Å². The van der Waals surface area contributed by atoms with Gasteiger partial charge in [0.05, 0.1) is 14.2 Å². The number of allylic oxidation sites excluding steroid dienone is 2. The lowest BCUT2D eigenvalue weighted by Gasteiger charge is -2.38. The first-order valence-electron chi connectivity index (χ1n) is 7.69. The predicted octanol–water partition coefficient (Wildman–Crippen LogP) is 2.27. The van der Waals surface area contributed by atoms with Crippen LogP contribution in [-0.2, 0) is 11.2 Å². The lowest BCUT2D eigenvalue weighted by molar-refractivity contribution is -0.113. The fourth-order valence-electron chi connectivity index (χ4n) is 3.94. The van der Waals surface area contributed by atoms with Crippen LogP contribution < -0.4 is 14.8 Å². The van der Waals surface area contributed by atoms with E-state index in [0.717, 1.165) is 36.1 Å². The minimum atomic E-state index is 0.181. The third-order valence-electron chi connectivity index (χ3n) is 4.87. The van der Waals surface area contributed by atoms with Crippen molar-refractivity contribution in [1.82, 2.24) is 5.32 Å². The summed E-state index contributed by atoms with van der Waals surface area (Å²) in [6.07, 6.45) is 4.47. The van der Waals surface area contributed by atoms with Crippen molar-refractivity contribution in [3.8, 4) is 11.5 Å². The van der Waals surface area contributed by atoms with Gasteiger partial charge >= 0.3 is 0 Å². The number of carbonyl (C=O) groups is 1. The lowest BCUT2D eigenvalue weighted by Crippen LogP contribution is -2.43. The molecule has 4 rings (SSSR count). The van der Waals surface area contributed by atoms with E-state index in [1.807, 2.05) is 6.07 Å². The molecule has 1 saturated heterocycles. The Bertz CT molecular complexity index is 730. The predicted molar refractivity (Wildman–Crippen MR) is 84.3 cm³/mol. The van der Waals surface area contributed by atoms with Gasteiger partial charge < -0.3 is 14.8 Å². The molecule has 0 aromatic heterocycles. The Labute approximate surface area is 129 Å². The van der Waals surface area contributed by atoms with Crippen LogP contribution in [-0.4, -0.2) is 32.6 Å². The van der Waals surface area contributed by atoms with Gasteiger partial charge in [-0.3, -0.25) is 4.79 Å². The number of benzene rings is 1. The van der Waals surface area contributed by atoms with Crippen LogP contribution in [0.4, 0.5) is 0 Å². The van der Waals surface area contributed by atoms with Crippen molar-refractivity contribution in [2.75, 3.05) is 20.8 Å². The Morgan fingerprint density at radius 3 is 2.86 bits per heavy atom. The maximum atomic E-state index is 12.7. The van der Waals surface area contributed by atoms with Gasteiger partial charge in [0.1, 0.15) is 0 Å². The topological polar surface area (TPSA) is 47.6 Å². The van der Waals surface area contributed by atoms with Gasteiger partial charge in [-0.25, -0.2) is 0 Å². The molecule has 0 saturated carbocycles. The van der Waals surface area contributed by atoms with E-state index in [1.165, 1.54) is 11.1 Å². The van der Waals surface area contributed by atoms with Crippen LogP contribution in [0.2, 0.25) is 0 Å². The molecule has 22 heavy (non-hydrogen) atoms. The van der Waals surface area contributed by atoms with E-state index in [-0.39, 0.29) is 11.8 Å². The Balaban J connectivity index is 2.02. The minimum Gasteiger partial charge on any atom is -0.493 e. The Kier molecular flexibility index (Phi) is 3.08. The standard InChI is InChI=1S/C18H19NO3/c1-21-14-6-4-11-9-12-15-10(7-8-19-12)3-5-13(20)17(15)16(11)18(14)22-2/h3-4,6,12,19H,5,7-9H2,1-2H3. The van der Waals surface area contributed by atoms with Crippen LogP contribution >= 0.6 is 0 Å². The fraction of sp³-hybridized carbons (Fsp3) is 0.389. The highest BCUT2D eigenvalue weighted by atomic mass is 16.5. The normalized spacial score (nSPS) is 22.7. The number of piperidine rings is 1. The Morgan fingerprint density at radius 2 is 2.09 bits per heavy atom. The molecule has 0 amide bonds. The second kappa shape index (κ2) is 4.99. The van der Waals surface area contributed by atoms with Crippen molar-refractivity contribution < 1.29 is 14.3 Å². The van der Waals surface area contributed by atoms with Crippen LogP contribution in [0.15, 0.2) is 29.4 Å². The number of ketones is 1. The second-order valence-electron chi connectivity index (χ2n) is 5.94. The maximum Gasteiger partial charge on any atom is 0.168 e. The molecule has 3 aliphatic rings. The summed E-state index contributed by atoms with van der Waals surface area (Å²) in [5, 5.41) is 3.55. The van der Waals surface area contributed by atoms with E-state index in [9.17, 15) is 4.79 Å². The molecule has 1 N–H and O–H groups in total. The molecule has 4 heteroatoms. The van der Waals surface area contributed by atoms with Gasteiger partial charge in [-0.2, -0.15) is 0 Å². The summed E-state index contributed by atoms with van der Waals surface area (Å²) in [5.74, 6) is 1.54. The second-order valence-corrected chi connectivity index (χ2v) is 5.94. The van der Waals surface area contributed by atoms with E-state index < -0.39 is 0 Å². The molecule has 1 aliphatic heterocycles. The molecule has 0 radical (unpaired) electrons. The van der Waals surface area contributed by atoms with Crippen LogP contribution in [0.25, 0.3) is 5.57 Å². The molecule has 1 aromatic carbocycles. The smallest absolute Gasteiger partial charge is 0.168 e. The largest absolute Gasteiger partial charge is 0.493 e. The quantitative estimate of drug-likeness (QED) is 0.910. The van der Waals surface area contributed by atoms with E-state index in [0.29, 0.717) is 17.9 Å². The fourth-order valence-corrected chi connectivity index (χ4v) is 3.94. The monoisotopic (exact) mass is 297 g/mol. The number of hydrogen-bond donors (Lipinski definition) is 1. The van der Waals surface area contributed by atoms with Gasteiger partial charge in [0.25, 0.3) is 0 Å². The van der Waals surface area contributed by atoms with Crippen LogP contribution in [0.3, 0.4) is 0 Å². The number of ether oxygens (including phenoxy) is 2. The van der Waals surface area contributed by atoms with Gasteiger partial charge in [0.2, 0.25) is 0 Å². The van der Waals surface area contributed by atoms with E-state index >= 15 is 0 Å². The van der Waals surface area contributed by atoms with Gasteiger partial charge in [0.15, 0.2) is 17.3 Å². The van der Waals surface area contributed by atoms with Gasteiger partial charge in [-0.1, -0.05) is 12.1 Å². The number of nitrogens with one attached hydrogen (secondary N) is 1. The lowest BCUT2D eigenvalue weighted by atomic mass is 9.72. The molecule has 1 aromatic rings. The summed E-state index contributed by atoms with van der Waals surface area (Å²) < 4.78 is 11.0. The van der Waals surface area contributed by atoms with Gasteiger partial charge in [-0.05, 0) is 42.2 Å². The zero-order chi connectivity index (χ0) is 15.3. The van der Waals surface area contributed by atoms with Crippen molar-refractivity contribution in [2.45, 2.75) is 25.3 Å². The molecule has 1 heterocycles. The average Bonchev–Trinajstić information content (AvgIpc) is 2.56. The van der Waals surface area contributed by atoms with E-state index in [4.69, 9.17) is 9.47 Å². The maximum absolute atomic E-state index is 12.7. The molecular weight excluding hydrogens is 278 g/mol. The van der Waals surface area contributed by atoms with Crippen molar-refractivity contribution in [3.63, 3.8) is 0 Å². The first kappa shape index (κ1) is 13.6. The number of carbonyl (C=O) groups excluding carboxylic acids is 1. The summed E-state index contributed by atoms with van der Waals surface area (Å²) in [6.45, 7) is 0.976. The zero-order valence-electron chi connectivity index (χ0n) is 12.9. The van der Waals surface area contributed by atoms with Crippen molar-refractivity contribution in [1.29, 1.82) is 0 Å². The summed E-state index contributed by atoms with van der Waals surface area (Å²) in [6, 6.07) is 4.22. The van der Waals surface area contributed by atoms with Crippen LogP contribution in [0.1, 0.15) is 24.0 Å². The van der Waals surface area contributed by atoms with Gasteiger partial charge in [-0.15, -0.1) is 0 Å². The number of methoxy groups -OCH3 is 2. The Hall–Kier alpha value is -2.07. The van der Waals surface area contributed by atoms with Crippen LogP contribution in [0.5, 0.6) is 11.5 Å². The summed E-state index contributed by atoms with van der Waals surface area (Å²) in [7, 11) is 3.27. The third kappa shape index (κ3) is 1.77.